The molecule has 0 aromatic heterocycles. The number of sulfonamides is 1. The van der Waals surface area contributed by atoms with E-state index in [0.717, 1.165) is 4.31 Å². The van der Waals surface area contributed by atoms with Crippen LogP contribution in [0, 0.1) is 0 Å². The fraction of sp³-hybridized carbons (Fsp3) is 0.111. The highest BCUT2D eigenvalue weighted by Gasteiger charge is 2.41. The van der Waals surface area contributed by atoms with E-state index in [4.69, 9.17) is 16.3 Å². The smallest absolute Gasteiger partial charge is 0.338 e. The number of hydrogen-bond acceptors (Lipinski definition) is 5. The lowest BCUT2D eigenvalue weighted by molar-refractivity contribution is -0.112. The molecule has 1 aliphatic rings. The largest absolute Gasteiger partial charge is 0.462 e. The summed E-state index contributed by atoms with van der Waals surface area (Å²) >= 11 is 6.30. The SMILES string of the molecule is C=CCN1c2ccc(Cl)cc2C(c2ccccc2)=C(C(=O)Nc2ccc(C(=O)OCC)cc2)S1(=O)=O. The Morgan fingerprint density at radius 3 is 2.39 bits per heavy atom. The van der Waals surface area contributed by atoms with Gasteiger partial charge in [-0.1, -0.05) is 48.0 Å². The molecule has 36 heavy (non-hydrogen) atoms. The fourth-order valence-electron chi connectivity index (χ4n) is 3.94. The number of halogens is 1. The summed E-state index contributed by atoms with van der Waals surface area (Å²) in [5, 5.41) is 3.06. The topological polar surface area (TPSA) is 92.8 Å². The first-order valence-electron chi connectivity index (χ1n) is 11.1. The molecule has 0 spiro atoms. The molecule has 0 bridgehead atoms. The van der Waals surface area contributed by atoms with Crippen molar-refractivity contribution in [2.45, 2.75) is 6.92 Å². The van der Waals surface area contributed by atoms with E-state index in [2.05, 4.69) is 11.9 Å². The zero-order valence-electron chi connectivity index (χ0n) is 19.4. The Balaban J connectivity index is 1.87. The maximum Gasteiger partial charge on any atom is 0.338 e. The average molecular weight is 523 g/mol. The minimum Gasteiger partial charge on any atom is -0.462 e. The van der Waals surface area contributed by atoms with E-state index < -0.39 is 26.8 Å². The van der Waals surface area contributed by atoms with Crippen LogP contribution in [0.2, 0.25) is 5.02 Å². The van der Waals surface area contributed by atoms with Crippen molar-refractivity contribution >= 4 is 50.4 Å². The highest BCUT2D eigenvalue weighted by molar-refractivity contribution is 7.97. The third-order valence-electron chi connectivity index (χ3n) is 5.49. The molecule has 0 saturated carbocycles. The predicted octanol–water partition coefficient (Wildman–Crippen LogP) is 5.25. The molecular weight excluding hydrogens is 500 g/mol. The van der Waals surface area contributed by atoms with Gasteiger partial charge in [-0.05, 0) is 55.0 Å². The standard InChI is InChI=1S/C27H23ClN2O5S/c1-3-16-30-23-15-12-20(28)17-22(23)24(18-8-6-5-7-9-18)25(36(30,33)34)26(31)29-21-13-10-19(11-14-21)27(32)35-4-2/h3,5-15,17H,1,4,16H2,2H3,(H,29,31). The highest BCUT2D eigenvalue weighted by atomic mass is 35.5. The lowest BCUT2D eigenvalue weighted by Crippen LogP contribution is -2.39. The second kappa shape index (κ2) is 10.4. The number of rotatable bonds is 7. The molecule has 0 unspecified atom stereocenters. The number of carbonyl (C=O) groups excluding carboxylic acids is 2. The molecule has 1 heterocycles. The van der Waals surface area contributed by atoms with Gasteiger partial charge in [0.25, 0.3) is 15.9 Å². The normalized spacial score (nSPS) is 14.1. The van der Waals surface area contributed by atoms with Gasteiger partial charge in [0.05, 0.1) is 24.4 Å². The summed E-state index contributed by atoms with van der Waals surface area (Å²) in [5.74, 6) is -1.31. The van der Waals surface area contributed by atoms with Crippen molar-refractivity contribution in [2.75, 3.05) is 22.8 Å². The fourth-order valence-corrected chi connectivity index (χ4v) is 5.83. The monoisotopic (exact) mass is 522 g/mol. The van der Waals surface area contributed by atoms with Crippen molar-refractivity contribution in [1.82, 2.24) is 0 Å². The van der Waals surface area contributed by atoms with E-state index in [1.54, 1.807) is 55.5 Å². The zero-order chi connectivity index (χ0) is 25.9. The molecule has 3 aromatic rings. The molecule has 0 aliphatic carbocycles. The average Bonchev–Trinajstić information content (AvgIpc) is 2.86. The van der Waals surface area contributed by atoms with Crippen LogP contribution in [0.5, 0.6) is 0 Å². The van der Waals surface area contributed by atoms with Gasteiger partial charge in [0, 0.05) is 21.8 Å². The molecule has 1 N–H and O–H groups in total. The number of carbonyl (C=O) groups is 2. The molecule has 0 saturated heterocycles. The van der Waals surface area contributed by atoms with Crippen molar-refractivity contribution < 1.29 is 22.7 Å². The number of amides is 1. The lowest BCUT2D eigenvalue weighted by atomic mass is 9.95. The first kappa shape index (κ1) is 25.2. The zero-order valence-corrected chi connectivity index (χ0v) is 21.0. The number of nitrogens with zero attached hydrogens (tertiary/aromatic N) is 1. The third kappa shape index (κ3) is 4.78. The summed E-state index contributed by atoms with van der Waals surface area (Å²) in [4.78, 5) is 25.1. The molecule has 0 fully saturated rings. The Morgan fingerprint density at radius 1 is 1.06 bits per heavy atom. The van der Waals surface area contributed by atoms with Gasteiger partial charge in [-0.15, -0.1) is 6.58 Å². The minimum atomic E-state index is -4.29. The van der Waals surface area contributed by atoms with E-state index in [-0.39, 0.29) is 18.7 Å². The van der Waals surface area contributed by atoms with Gasteiger partial charge in [-0.25, -0.2) is 13.2 Å². The Kier molecular flexibility index (Phi) is 7.28. The molecule has 4 rings (SSSR count). The van der Waals surface area contributed by atoms with Gasteiger partial charge in [0.2, 0.25) is 0 Å². The molecular formula is C27H23ClN2O5S. The molecule has 9 heteroatoms. The second-order valence-corrected chi connectivity index (χ2v) is 10.0. The van der Waals surface area contributed by atoms with Gasteiger partial charge >= 0.3 is 5.97 Å². The van der Waals surface area contributed by atoms with E-state index in [1.807, 2.05) is 0 Å². The third-order valence-corrected chi connectivity index (χ3v) is 7.56. The lowest BCUT2D eigenvalue weighted by Gasteiger charge is -2.33. The number of benzene rings is 3. The maximum atomic E-state index is 13.8. The van der Waals surface area contributed by atoms with Crippen molar-refractivity contribution in [3.63, 3.8) is 0 Å². The van der Waals surface area contributed by atoms with Crippen LogP contribution in [-0.4, -0.2) is 33.4 Å². The van der Waals surface area contributed by atoms with Gasteiger partial charge in [0.1, 0.15) is 0 Å². The van der Waals surface area contributed by atoms with Gasteiger partial charge in [-0.2, -0.15) is 0 Å². The van der Waals surface area contributed by atoms with Crippen LogP contribution in [0.3, 0.4) is 0 Å². The Labute approximate surface area is 214 Å². The van der Waals surface area contributed by atoms with E-state index >= 15 is 0 Å². The highest BCUT2D eigenvalue weighted by Crippen LogP contribution is 2.44. The molecule has 0 atom stereocenters. The summed E-state index contributed by atoms with van der Waals surface area (Å²) in [5.41, 5.74) is 2.32. The van der Waals surface area contributed by atoms with E-state index in [9.17, 15) is 18.0 Å². The second-order valence-electron chi connectivity index (χ2n) is 7.81. The van der Waals surface area contributed by atoms with Gasteiger partial charge < -0.3 is 10.1 Å². The van der Waals surface area contributed by atoms with Crippen LogP contribution in [0.15, 0.2) is 90.4 Å². The van der Waals surface area contributed by atoms with Gasteiger partial charge in [0.15, 0.2) is 4.91 Å². The quantitative estimate of drug-likeness (QED) is 0.338. The number of fused-ring (bicyclic) bond motifs is 1. The Morgan fingerprint density at radius 2 is 1.75 bits per heavy atom. The van der Waals surface area contributed by atoms with E-state index in [0.29, 0.717) is 33.1 Å². The Hall–Kier alpha value is -3.88. The summed E-state index contributed by atoms with van der Waals surface area (Å²) in [7, 11) is -4.29. The van der Waals surface area contributed by atoms with Crippen LogP contribution >= 0.6 is 11.6 Å². The molecule has 1 amide bonds. The molecule has 0 radical (unpaired) electrons. The number of nitrogens with one attached hydrogen (secondary N) is 1. The molecule has 3 aromatic carbocycles. The molecule has 1 aliphatic heterocycles. The predicted molar refractivity (Wildman–Crippen MR) is 141 cm³/mol. The van der Waals surface area contributed by atoms with Crippen molar-refractivity contribution in [1.29, 1.82) is 0 Å². The number of ether oxygens (including phenoxy) is 1. The summed E-state index contributed by atoms with van der Waals surface area (Å²) in [6.07, 6.45) is 1.45. The van der Waals surface area contributed by atoms with Crippen LogP contribution in [0.1, 0.15) is 28.4 Å². The first-order valence-corrected chi connectivity index (χ1v) is 12.9. The number of hydrogen-bond donors (Lipinski definition) is 1. The van der Waals surface area contributed by atoms with Crippen LogP contribution in [-0.2, 0) is 19.6 Å². The minimum absolute atomic E-state index is 0.0376. The van der Waals surface area contributed by atoms with E-state index in [1.165, 1.54) is 30.3 Å². The van der Waals surface area contributed by atoms with Crippen molar-refractivity contribution in [3.8, 4) is 0 Å². The van der Waals surface area contributed by atoms with Gasteiger partial charge in [-0.3, -0.25) is 9.10 Å². The Bertz CT molecular complexity index is 1470. The maximum absolute atomic E-state index is 13.8. The van der Waals surface area contributed by atoms with Crippen LogP contribution in [0.25, 0.3) is 5.57 Å². The molecule has 184 valence electrons. The summed E-state index contributed by atoms with van der Waals surface area (Å²) in [6.45, 7) is 5.58. The number of anilines is 2. The number of esters is 1. The first-order chi connectivity index (χ1) is 17.3. The summed E-state index contributed by atoms with van der Waals surface area (Å²) < 4.78 is 33.8. The van der Waals surface area contributed by atoms with Crippen molar-refractivity contribution in [2.24, 2.45) is 0 Å². The molecule has 7 nitrogen and oxygen atoms in total. The van der Waals surface area contributed by atoms with Crippen molar-refractivity contribution in [3.05, 3.63) is 112 Å². The van der Waals surface area contributed by atoms with Crippen LogP contribution < -0.4 is 9.62 Å². The summed E-state index contributed by atoms with van der Waals surface area (Å²) in [6, 6.07) is 19.7. The van der Waals surface area contributed by atoms with Crippen LogP contribution in [0.4, 0.5) is 11.4 Å².